The molecule has 9 heteroatoms. The van der Waals surface area contributed by atoms with E-state index in [1.807, 2.05) is 38.1 Å². The van der Waals surface area contributed by atoms with Crippen LogP contribution in [0.1, 0.15) is 18.1 Å². The van der Waals surface area contributed by atoms with Crippen LogP contribution >= 0.6 is 35.6 Å². The fourth-order valence-corrected chi connectivity index (χ4v) is 4.84. The first-order valence-electron chi connectivity index (χ1n) is 11.1. The van der Waals surface area contributed by atoms with E-state index in [1.54, 1.807) is 48.5 Å². The SMILES string of the molecule is CCOc1cc(/C=C2\SC(=S)N(c3ccc(Cl)cc3)C2=O)ccc1OCC(=O)Nc1ccc(C)cc1. The summed E-state index contributed by atoms with van der Waals surface area (Å²) in [6.07, 6.45) is 1.76. The predicted octanol–water partition coefficient (Wildman–Crippen LogP) is 6.47. The Morgan fingerprint density at radius 3 is 2.47 bits per heavy atom. The molecule has 1 N–H and O–H groups in total. The summed E-state index contributed by atoms with van der Waals surface area (Å²) in [5.41, 5.74) is 3.21. The Hall–Kier alpha value is -3.33. The number of halogens is 1. The Morgan fingerprint density at radius 1 is 1.06 bits per heavy atom. The molecule has 1 heterocycles. The Balaban J connectivity index is 1.47. The fourth-order valence-electron chi connectivity index (χ4n) is 3.41. The first kappa shape index (κ1) is 25.8. The van der Waals surface area contributed by atoms with Gasteiger partial charge in [-0.05, 0) is 74.0 Å². The number of amides is 2. The normalized spacial score (nSPS) is 14.3. The van der Waals surface area contributed by atoms with Crippen molar-refractivity contribution in [2.75, 3.05) is 23.4 Å². The lowest BCUT2D eigenvalue weighted by Gasteiger charge is -2.14. The zero-order chi connectivity index (χ0) is 25.7. The highest BCUT2D eigenvalue weighted by atomic mass is 35.5. The average Bonchev–Trinajstić information content (AvgIpc) is 3.13. The molecule has 6 nitrogen and oxygen atoms in total. The van der Waals surface area contributed by atoms with Crippen LogP contribution in [0, 0.1) is 6.92 Å². The lowest BCUT2D eigenvalue weighted by Crippen LogP contribution is -2.27. The van der Waals surface area contributed by atoms with Crippen molar-refractivity contribution in [1.82, 2.24) is 0 Å². The van der Waals surface area contributed by atoms with Crippen molar-refractivity contribution < 1.29 is 19.1 Å². The Morgan fingerprint density at radius 2 is 1.78 bits per heavy atom. The molecule has 184 valence electrons. The Labute approximate surface area is 224 Å². The van der Waals surface area contributed by atoms with E-state index >= 15 is 0 Å². The van der Waals surface area contributed by atoms with E-state index in [0.29, 0.717) is 43.7 Å². The van der Waals surface area contributed by atoms with Crippen molar-refractivity contribution >= 4 is 69.2 Å². The summed E-state index contributed by atoms with van der Waals surface area (Å²) in [5, 5.41) is 3.38. The molecule has 0 radical (unpaired) electrons. The van der Waals surface area contributed by atoms with Crippen molar-refractivity contribution in [3.8, 4) is 11.5 Å². The molecule has 1 aliphatic rings. The quantitative estimate of drug-likeness (QED) is 0.262. The number of nitrogens with one attached hydrogen (secondary N) is 1. The first-order chi connectivity index (χ1) is 17.3. The highest BCUT2D eigenvalue weighted by molar-refractivity contribution is 8.27. The maximum absolute atomic E-state index is 13.0. The number of anilines is 2. The van der Waals surface area contributed by atoms with Gasteiger partial charge in [0.05, 0.1) is 17.2 Å². The van der Waals surface area contributed by atoms with Crippen molar-refractivity contribution in [3.63, 3.8) is 0 Å². The number of hydrogen-bond acceptors (Lipinski definition) is 6. The molecule has 0 atom stereocenters. The van der Waals surface area contributed by atoms with Crippen LogP contribution in [0.15, 0.2) is 71.6 Å². The van der Waals surface area contributed by atoms with Gasteiger partial charge < -0.3 is 14.8 Å². The lowest BCUT2D eigenvalue weighted by molar-refractivity contribution is -0.118. The van der Waals surface area contributed by atoms with Gasteiger partial charge in [-0.1, -0.05) is 59.3 Å². The lowest BCUT2D eigenvalue weighted by atomic mass is 10.1. The van der Waals surface area contributed by atoms with Crippen LogP contribution in [0.2, 0.25) is 5.02 Å². The number of hydrogen-bond donors (Lipinski definition) is 1. The molecule has 2 amide bonds. The number of rotatable bonds is 8. The number of carbonyl (C=O) groups is 2. The van der Waals surface area contributed by atoms with Gasteiger partial charge in [0.15, 0.2) is 22.4 Å². The number of nitrogens with zero attached hydrogens (tertiary/aromatic N) is 1. The minimum atomic E-state index is -0.281. The third-order valence-corrected chi connectivity index (χ3v) is 6.69. The molecule has 1 fully saturated rings. The zero-order valence-electron chi connectivity index (χ0n) is 19.6. The zero-order valence-corrected chi connectivity index (χ0v) is 22.0. The third-order valence-electron chi connectivity index (χ3n) is 5.14. The van der Waals surface area contributed by atoms with E-state index < -0.39 is 0 Å². The summed E-state index contributed by atoms with van der Waals surface area (Å²) >= 11 is 12.6. The van der Waals surface area contributed by atoms with Gasteiger partial charge >= 0.3 is 0 Å². The molecule has 0 saturated carbocycles. The molecule has 36 heavy (non-hydrogen) atoms. The minimum Gasteiger partial charge on any atom is -0.490 e. The van der Waals surface area contributed by atoms with E-state index in [4.69, 9.17) is 33.3 Å². The Kier molecular flexibility index (Phi) is 8.30. The number of ether oxygens (including phenoxy) is 2. The Bertz CT molecular complexity index is 1320. The van der Waals surface area contributed by atoms with E-state index in [2.05, 4.69) is 5.32 Å². The maximum Gasteiger partial charge on any atom is 0.270 e. The van der Waals surface area contributed by atoms with Crippen LogP contribution in [0.25, 0.3) is 6.08 Å². The molecule has 4 rings (SSSR count). The van der Waals surface area contributed by atoms with E-state index in [-0.39, 0.29) is 18.4 Å². The minimum absolute atomic E-state index is 0.174. The predicted molar refractivity (Wildman–Crippen MR) is 150 cm³/mol. The van der Waals surface area contributed by atoms with Gasteiger partial charge in [-0.15, -0.1) is 0 Å². The highest BCUT2D eigenvalue weighted by Crippen LogP contribution is 2.37. The number of aryl methyl sites for hydroxylation is 1. The number of benzene rings is 3. The van der Waals surface area contributed by atoms with Crippen molar-refractivity contribution in [1.29, 1.82) is 0 Å². The van der Waals surface area contributed by atoms with Crippen LogP contribution in [-0.4, -0.2) is 29.3 Å². The topological polar surface area (TPSA) is 67.9 Å². The molecule has 0 bridgehead atoms. The molecule has 0 spiro atoms. The van der Waals surface area contributed by atoms with Crippen LogP contribution in [0.3, 0.4) is 0 Å². The second-order valence-corrected chi connectivity index (χ2v) is 9.95. The van der Waals surface area contributed by atoms with E-state index in [1.165, 1.54) is 16.7 Å². The second-order valence-electron chi connectivity index (χ2n) is 7.84. The molecule has 0 aliphatic carbocycles. The van der Waals surface area contributed by atoms with Crippen molar-refractivity contribution in [3.05, 3.63) is 87.8 Å². The van der Waals surface area contributed by atoms with Crippen LogP contribution in [0.4, 0.5) is 11.4 Å². The van der Waals surface area contributed by atoms with Gasteiger partial charge in [0.1, 0.15) is 0 Å². The monoisotopic (exact) mass is 538 g/mol. The van der Waals surface area contributed by atoms with E-state index in [0.717, 1.165) is 11.1 Å². The van der Waals surface area contributed by atoms with Gasteiger partial charge in [0.2, 0.25) is 0 Å². The summed E-state index contributed by atoms with van der Waals surface area (Å²) in [6.45, 7) is 4.08. The fraction of sp³-hybridized carbons (Fsp3) is 0.148. The van der Waals surface area contributed by atoms with E-state index in [9.17, 15) is 9.59 Å². The maximum atomic E-state index is 13.0. The highest BCUT2D eigenvalue weighted by Gasteiger charge is 2.33. The molecule has 1 saturated heterocycles. The number of carbonyl (C=O) groups excluding carboxylic acids is 2. The van der Waals surface area contributed by atoms with Gasteiger partial charge in [0, 0.05) is 10.7 Å². The summed E-state index contributed by atoms with van der Waals surface area (Å²) in [6, 6.07) is 19.7. The van der Waals surface area contributed by atoms with Gasteiger partial charge in [-0.25, -0.2) is 0 Å². The van der Waals surface area contributed by atoms with Crippen molar-refractivity contribution in [2.45, 2.75) is 13.8 Å². The van der Waals surface area contributed by atoms with Gasteiger partial charge in [0.25, 0.3) is 11.8 Å². The number of thiocarbonyl (C=S) groups is 1. The first-order valence-corrected chi connectivity index (χ1v) is 12.7. The van der Waals surface area contributed by atoms with Gasteiger partial charge in [-0.2, -0.15) is 0 Å². The van der Waals surface area contributed by atoms with Gasteiger partial charge in [-0.3, -0.25) is 14.5 Å². The molecular weight excluding hydrogens is 516 g/mol. The van der Waals surface area contributed by atoms with Crippen LogP contribution in [0.5, 0.6) is 11.5 Å². The van der Waals surface area contributed by atoms with Crippen LogP contribution < -0.4 is 19.7 Å². The summed E-state index contributed by atoms with van der Waals surface area (Å²) < 4.78 is 11.9. The largest absolute Gasteiger partial charge is 0.490 e. The molecule has 3 aromatic rings. The molecule has 0 unspecified atom stereocenters. The average molecular weight is 539 g/mol. The summed E-state index contributed by atoms with van der Waals surface area (Å²) in [4.78, 5) is 27.3. The third kappa shape index (κ3) is 6.26. The molecule has 1 aliphatic heterocycles. The second kappa shape index (κ2) is 11.6. The smallest absolute Gasteiger partial charge is 0.270 e. The summed E-state index contributed by atoms with van der Waals surface area (Å²) in [5.74, 6) is 0.416. The molecule has 0 aromatic heterocycles. The standard InChI is InChI=1S/C27H23ClN2O4S2/c1-3-33-23-14-18(6-13-22(23)34-16-25(31)29-20-9-4-17(2)5-10-20)15-24-26(32)30(27(35)36-24)21-11-7-19(28)8-12-21/h4-15H,3,16H2,1-2H3,(H,29,31)/b24-15-. The number of thioether (sulfide) groups is 1. The molecule has 3 aromatic carbocycles. The van der Waals surface area contributed by atoms with Crippen molar-refractivity contribution in [2.24, 2.45) is 0 Å². The summed E-state index contributed by atoms with van der Waals surface area (Å²) in [7, 11) is 0. The molecular formula is C27H23ClN2O4S2. The van der Waals surface area contributed by atoms with Crippen LogP contribution in [-0.2, 0) is 9.59 Å².